The molecule has 0 radical (unpaired) electrons. The lowest BCUT2D eigenvalue weighted by molar-refractivity contribution is -0.144. The number of nitrogens with zero attached hydrogens (tertiary/aromatic N) is 1. The topological polar surface area (TPSA) is 217 Å². The molecule has 7 atom stereocenters. The summed E-state index contributed by atoms with van der Waals surface area (Å²) in [5.41, 5.74) is 2.21. The van der Waals surface area contributed by atoms with Crippen molar-refractivity contribution in [2.75, 3.05) is 50.2 Å². The average molecular weight is 1170 g/mol. The van der Waals surface area contributed by atoms with Crippen LogP contribution in [0.25, 0.3) is 10.4 Å². The first-order valence-corrected chi connectivity index (χ1v) is 29.3. The number of thiophene rings is 1. The van der Waals surface area contributed by atoms with Crippen LogP contribution in [0.5, 0.6) is 0 Å². The van der Waals surface area contributed by atoms with Crippen molar-refractivity contribution in [2.45, 2.75) is 127 Å². The Morgan fingerprint density at radius 1 is 0.889 bits per heavy atom. The zero-order valence-electron chi connectivity index (χ0n) is 46.1. The SMILES string of the molecule is Cc1ccsc1-c1ccc([C@H](C)NC(=O)[C@@H]2C[C@@H](O)CN2C(=O)[C@@H](NC(=O)CCOCCOCCNC(=O)c2ccc(NC(=O)[C@@H]3NC4(CCCCC4)[C@@]4(C(=O)Nc5cc(Cl)ccc54)[C@H]3c3cccc(Cl)c3F)cc2)C(C)(C)C)cc1. The van der Waals surface area contributed by atoms with Gasteiger partial charge in [0.15, 0.2) is 0 Å². The van der Waals surface area contributed by atoms with Gasteiger partial charge in [0.2, 0.25) is 29.5 Å². The van der Waals surface area contributed by atoms with E-state index in [1.165, 1.54) is 21.4 Å². The fraction of sp³-hybridized carbons (Fsp3) is 0.443. The molecule has 4 aromatic carbocycles. The molecule has 0 bridgehead atoms. The molecule has 16 nitrogen and oxygen atoms in total. The maximum absolute atomic E-state index is 16.3. The van der Waals surface area contributed by atoms with Gasteiger partial charge in [-0.3, -0.25) is 34.1 Å². The van der Waals surface area contributed by atoms with Gasteiger partial charge in [-0.05, 0) is 114 Å². The van der Waals surface area contributed by atoms with E-state index in [2.05, 4.69) is 50.3 Å². The van der Waals surface area contributed by atoms with Gasteiger partial charge < -0.3 is 46.1 Å². The number of hydrogen-bond donors (Lipinski definition) is 7. The number of amides is 6. The van der Waals surface area contributed by atoms with Crippen LogP contribution >= 0.6 is 34.5 Å². The first-order chi connectivity index (χ1) is 38.7. The minimum atomic E-state index is -1.38. The van der Waals surface area contributed by atoms with Crippen molar-refractivity contribution < 1.29 is 47.7 Å². The largest absolute Gasteiger partial charge is 0.391 e. The molecule has 81 heavy (non-hydrogen) atoms. The van der Waals surface area contributed by atoms with E-state index in [-0.39, 0.29) is 86.7 Å². The maximum Gasteiger partial charge on any atom is 0.251 e. The highest BCUT2D eigenvalue weighted by Crippen LogP contribution is 2.63. The Labute approximate surface area is 485 Å². The molecule has 4 heterocycles. The summed E-state index contributed by atoms with van der Waals surface area (Å²) in [7, 11) is 0. The smallest absolute Gasteiger partial charge is 0.251 e. The number of rotatable bonds is 19. The number of aryl methyl sites for hydroxylation is 1. The number of carbonyl (C=O) groups is 6. The van der Waals surface area contributed by atoms with Crippen LogP contribution in [0.1, 0.15) is 117 Å². The van der Waals surface area contributed by atoms with Crippen molar-refractivity contribution >= 4 is 81.4 Å². The molecule has 7 N–H and O–H groups in total. The van der Waals surface area contributed by atoms with Crippen molar-refractivity contribution in [3.63, 3.8) is 0 Å². The lowest BCUT2D eigenvalue weighted by atomic mass is 9.55. The lowest BCUT2D eigenvalue weighted by Gasteiger charge is -2.47. The van der Waals surface area contributed by atoms with Gasteiger partial charge in [0, 0.05) is 64.2 Å². The quantitative estimate of drug-likeness (QED) is 0.0390. The van der Waals surface area contributed by atoms with E-state index in [0.29, 0.717) is 40.4 Å². The first-order valence-electron chi connectivity index (χ1n) is 27.6. The van der Waals surface area contributed by atoms with Gasteiger partial charge in [0.05, 0.1) is 49.6 Å². The summed E-state index contributed by atoms with van der Waals surface area (Å²) in [6.07, 6.45) is 2.83. The Balaban J connectivity index is 0.715. The van der Waals surface area contributed by atoms with Crippen molar-refractivity contribution in [3.05, 3.63) is 140 Å². The van der Waals surface area contributed by atoms with E-state index in [9.17, 15) is 33.9 Å². The molecule has 5 aromatic rings. The third-order valence-electron chi connectivity index (χ3n) is 16.3. The van der Waals surface area contributed by atoms with Crippen LogP contribution in [0.2, 0.25) is 10.0 Å². The van der Waals surface area contributed by atoms with Crippen molar-refractivity contribution in [1.29, 1.82) is 0 Å². The van der Waals surface area contributed by atoms with E-state index in [4.69, 9.17) is 32.7 Å². The Morgan fingerprint density at radius 2 is 1.60 bits per heavy atom. The Morgan fingerprint density at radius 3 is 2.30 bits per heavy atom. The molecule has 2 saturated heterocycles. The van der Waals surface area contributed by atoms with Gasteiger partial charge in [0.1, 0.15) is 23.3 Å². The van der Waals surface area contributed by atoms with Crippen LogP contribution in [0, 0.1) is 18.2 Å². The van der Waals surface area contributed by atoms with E-state index in [1.807, 2.05) is 52.0 Å². The van der Waals surface area contributed by atoms with Crippen LogP contribution < -0.4 is 31.9 Å². The second kappa shape index (κ2) is 25.1. The number of β-amino-alcohol motifs (C(OH)–C–C–N with tert-alkyl or cyclic N) is 1. The minimum absolute atomic E-state index is 0.0406. The number of halogens is 3. The van der Waals surface area contributed by atoms with Crippen molar-refractivity contribution in [3.8, 4) is 10.4 Å². The van der Waals surface area contributed by atoms with Crippen LogP contribution in [-0.2, 0) is 38.9 Å². The summed E-state index contributed by atoms with van der Waals surface area (Å²) in [4.78, 5) is 86.0. The zero-order valence-corrected chi connectivity index (χ0v) is 48.4. The van der Waals surface area contributed by atoms with Crippen LogP contribution in [0.4, 0.5) is 15.8 Å². The molecule has 20 heteroatoms. The number of nitrogens with one attached hydrogen (secondary N) is 6. The number of anilines is 2. The predicted octanol–water partition coefficient (Wildman–Crippen LogP) is 8.98. The van der Waals surface area contributed by atoms with E-state index in [1.54, 1.807) is 65.9 Å². The summed E-state index contributed by atoms with van der Waals surface area (Å²) < 4.78 is 27.6. The number of likely N-dealkylation sites (tertiary alicyclic amines) is 1. The molecular formula is C61H70Cl2FN7O9S. The van der Waals surface area contributed by atoms with Crippen molar-refractivity contribution in [2.24, 2.45) is 5.41 Å². The number of benzene rings is 4. The molecule has 1 aromatic heterocycles. The maximum atomic E-state index is 16.3. The fourth-order valence-electron chi connectivity index (χ4n) is 12.3. The third kappa shape index (κ3) is 12.4. The number of ether oxygens (including phenoxy) is 2. The molecule has 1 aliphatic carbocycles. The highest BCUT2D eigenvalue weighted by atomic mass is 35.5. The highest BCUT2D eigenvalue weighted by molar-refractivity contribution is 7.13. The standard InChI is InChI=1S/C61H70Cl2FN7O9S/c1-35-23-31-81-52(35)38-14-12-37(13-15-38)36(2)66-55(75)47-33-42(72)34-71(47)57(77)53(59(3,4)5)69-48(73)22-27-79-29-30-80-28-26-65-54(74)39-16-19-41(20-17-39)67-56(76)51-49(43-10-9-11-45(63)50(43)64)61(60(70-51)24-7-6-8-25-60)44-21-18-40(62)32-46(44)68-58(61)78/h9-21,23,31-32,36,42,47,49,51,53,70,72H,6-8,22,24-30,33-34H2,1-5H3,(H,65,74)(H,66,75)(H,67,76)(H,68,78)(H,69,73)/t36-,42+,47-,49-,51+,53+,61+/m0/s1. The van der Waals surface area contributed by atoms with Gasteiger partial charge in [-0.1, -0.05) is 106 Å². The summed E-state index contributed by atoms with van der Waals surface area (Å²) in [6, 6.07) is 22.9. The van der Waals surface area contributed by atoms with Crippen LogP contribution in [0.15, 0.2) is 96.4 Å². The number of hydrogen-bond acceptors (Lipinski definition) is 11. The predicted molar refractivity (Wildman–Crippen MR) is 311 cm³/mol. The van der Waals surface area contributed by atoms with E-state index in [0.717, 1.165) is 30.4 Å². The fourth-order valence-corrected chi connectivity index (χ4v) is 13.6. The molecule has 1 saturated carbocycles. The molecule has 9 rings (SSSR count). The summed E-state index contributed by atoms with van der Waals surface area (Å²) in [5, 5.41) is 31.3. The second-order valence-electron chi connectivity index (χ2n) is 22.7. The van der Waals surface area contributed by atoms with Gasteiger partial charge >= 0.3 is 0 Å². The molecule has 0 unspecified atom stereocenters. The lowest BCUT2D eigenvalue weighted by Crippen LogP contribution is -2.60. The van der Waals surface area contributed by atoms with E-state index < -0.39 is 70.1 Å². The number of aliphatic hydroxyl groups excluding tert-OH is 1. The molecule has 430 valence electrons. The van der Waals surface area contributed by atoms with Crippen LogP contribution in [-0.4, -0.2) is 115 Å². The van der Waals surface area contributed by atoms with Gasteiger partial charge in [-0.25, -0.2) is 4.39 Å². The second-order valence-corrected chi connectivity index (χ2v) is 24.4. The molecule has 3 aliphatic heterocycles. The summed E-state index contributed by atoms with van der Waals surface area (Å²) in [6.45, 7) is 10.1. The Bertz CT molecular complexity index is 3150. The Kier molecular flexibility index (Phi) is 18.4. The van der Waals surface area contributed by atoms with Gasteiger partial charge in [-0.15, -0.1) is 11.3 Å². The number of carbonyl (C=O) groups excluding carboxylic acids is 6. The van der Waals surface area contributed by atoms with Gasteiger partial charge in [-0.2, -0.15) is 0 Å². The number of fused-ring (bicyclic) bond motifs is 3. The average Bonchev–Trinajstić information content (AvgIpc) is 3.40. The third-order valence-corrected chi connectivity index (χ3v) is 17.9. The molecule has 4 aliphatic rings. The summed E-state index contributed by atoms with van der Waals surface area (Å²) in [5.74, 6) is -4.16. The molecular weight excluding hydrogens is 1100 g/mol. The number of aliphatic hydroxyl groups is 1. The molecule has 6 amide bonds. The van der Waals surface area contributed by atoms with Crippen LogP contribution in [0.3, 0.4) is 0 Å². The van der Waals surface area contributed by atoms with E-state index >= 15 is 4.39 Å². The minimum Gasteiger partial charge on any atom is -0.391 e. The monoisotopic (exact) mass is 1170 g/mol. The normalized spacial score (nSPS) is 21.8. The molecule has 2 spiro atoms. The van der Waals surface area contributed by atoms with Crippen molar-refractivity contribution in [1.82, 2.24) is 26.2 Å². The van der Waals surface area contributed by atoms with Gasteiger partial charge in [0.25, 0.3) is 5.91 Å². The molecule has 3 fully saturated rings. The highest BCUT2D eigenvalue weighted by Gasteiger charge is 2.72. The summed E-state index contributed by atoms with van der Waals surface area (Å²) >= 11 is 14.5. The Hall–Kier alpha value is -6.25. The first kappa shape index (κ1) is 59.4. The zero-order chi connectivity index (χ0) is 57.8.